The number of halogens is 1. The van der Waals surface area contributed by atoms with Crippen molar-refractivity contribution in [3.05, 3.63) is 70.0 Å². The maximum absolute atomic E-state index is 13.4. The number of H-pyrrole nitrogens is 1. The Balaban J connectivity index is 1.83. The molecule has 1 aliphatic heterocycles. The minimum Gasteiger partial charge on any atom is -0.463 e. The standard InChI is InChI=1S/C16H10FN7O2/c17-9-5-3-8(4-6-9)14-11-12(10-2-1-7-26-10)19-20-15(25)13(11)18-16-21-22-23-24(14)16/h1-7,14H,(H,20,25)(H,18,21,23)/t14-/m1/s1. The Morgan fingerprint density at radius 3 is 2.81 bits per heavy atom. The molecule has 0 fully saturated rings. The van der Waals surface area contributed by atoms with E-state index in [-0.39, 0.29) is 11.5 Å². The molecule has 10 heteroatoms. The number of fused-ring (bicyclic) bond motifs is 2. The van der Waals surface area contributed by atoms with Gasteiger partial charge in [0, 0.05) is 5.56 Å². The summed E-state index contributed by atoms with van der Waals surface area (Å²) in [5, 5.41) is 21.1. The number of nitrogens with one attached hydrogen (secondary N) is 2. The molecule has 0 radical (unpaired) electrons. The molecule has 4 heterocycles. The lowest BCUT2D eigenvalue weighted by Gasteiger charge is -2.27. The van der Waals surface area contributed by atoms with Gasteiger partial charge in [0.05, 0.1) is 6.26 Å². The number of anilines is 2. The number of tetrazole rings is 1. The number of nitrogens with zero attached hydrogens (tertiary/aromatic N) is 5. The van der Waals surface area contributed by atoms with Crippen LogP contribution in [-0.4, -0.2) is 30.4 Å². The molecular weight excluding hydrogens is 341 g/mol. The first-order valence-electron chi connectivity index (χ1n) is 7.69. The summed E-state index contributed by atoms with van der Waals surface area (Å²) in [7, 11) is 0. The Labute approximate surface area is 144 Å². The van der Waals surface area contributed by atoms with Gasteiger partial charge in [-0.25, -0.2) is 9.49 Å². The first-order chi connectivity index (χ1) is 12.7. The first-order valence-corrected chi connectivity index (χ1v) is 7.69. The van der Waals surface area contributed by atoms with Crippen LogP contribution in [0.1, 0.15) is 17.2 Å². The minimum atomic E-state index is -0.577. The number of hydrogen-bond donors (Lipinski definition) is 2. The van der Waals surface area contributed by atoms with E-state index in [2.05, 4.69) is 31.0 Å². The predicted molar refractivity (Wildman–Crippen MR) is 87.3 cm³/mol. The number of rotatable bonds is 2. The van der Waals surface area contributed by atoms with Crippen LogP contribution in [0.3, 0.4) is 0 Å². The topological polar surface area (TPSA) is 115 Å². The van der Waals surface area contributed by atoms with Crippen LogP contribution in [0.4, 0.5) is 16.0 Å². The fraction of sp³-hybridized carbons (Fsp3) is 0.0625. The molecular formula is C16H10FN7O2. The fourth-order valence-electron chi connectivity index (χ4n) is 3.09. The minimum absolute atomic E-state index is 0.267. The van der Waals surface area contributed by atoms with E-state index in [0.29, 0.717) is 28.5 Å². The highest BCUT2D eigenvalue weighted by Crippen LogP contribution is 2.40. The lowest BCUT2D eigenvalue weighted by atomic mass is 9.94. The van der Waals surface area contributed by atoms with Gasteiger partial charge in [-0.15, -0.1) is 0 Å². The molecule has 0 saturated carbocycles. The molecule has 9 nitrogen and oxygen atoms in total. The summed E-state index contributed by atoms with van der Waals surface area (Å²) in [5.41, 5.74) is 1.52. The summed E-state index contributed by atoms with van der Waals surface area (Å²) < 4.78 is 20.4. The van der Waals surface area contributed by atoms with Crippen molar-refractivity contribution in [1.29, 1.82) is 0 Å². The molecule has 0 saturated heterocycles. The van der Waals surface area contributed by atoms with Crippen molar-refractivity contribution in [2.45, 2.75) is 6.04 Å². The summed E-state index contributed by atoms with van der Waals surface area (Å²) in [4.78, 5) is 12.4. The number of benzene rings is 1. The summed E-state index contributed by atoms with van der Waals surface area (Å²) in [5.74, 6) is 0.409. The van der Waals surface area contributed by atoms with E-state index in [1.807, 2.05) is 0 Å². The van der Waals surface area contributed by atoms with Gasteiger partial charge in [0.25, 0.3) is 5.56 Å². The van der Waals surface area contributed by atoms with Gasteiger partial charge < -0.3 is 9.73 Å². The van der Waals surface area contributed by atoms with Crippen LogP contribution in [0.15, 0.2) is 51.9 Å². The van der Waals surface area contributed by atoms with E-state index in [1.165, 1.54) is 23.1 Å². The van der Waals surface area contributed by atoms with Crippen LogP contribution in [0.2, 0.25) is 0 Å². The van der Waals surface area contributed by atoms with Crippen LogP contribution in [0, 0.1) is 5.82 Å². The maximum Gasteiger partial charge on any atom is 0.288 e. The zero-order chi connectivity index (χ0) is 17.7. The molecule has 0 amide bonds. The fourth-order valence-corrected chi connectivity index (χ4v) is 3.09. The van der Waals surface area contributed by atoms with Crippen molar-refractivity contribution >= 4 is 11.6 Å². The van der Waals surface area contributed by atoms with Gasteiger partial charge in [0.1, 0.15) is 23.2 Å². The van der Waals surface area contributed by atoms with Gasteiger partial charge >= 0.3 is 0 Å². The molecule has 2 N–H and O–H groups in total. The summed E-state index contributed by atoms with van der Waals surface area (Å²) in [6.07, 6.45) is 1.51. The molecule has 4 aromatic rings. The van der Waals surface area contributed by atoms with Crippen molar-refractivity contribution in [1.82, 2.24) is 30.4 Å². The third-order valence-corrected chi connectivity index (χ3v) is 4.21. The van der Waals surface area contributed by atoms with Crippen molar-refractivity contribution in [2.75, 3.05) is 5.32 Å². The second-order valence-electron chi connectivity index (χ2n) is 5.69. The van der Waals surface area contributed by atoms with E-state index in [4.69, 9.17) is 4.42 Å². The Kier molecular flexibility index (Phi) is 2.98. The lowest BCUT2D eigenvalue weighted by Crippen LogP contribution is -2.29. The van der Waals surface area contributed by atoms with E-state index in [0.717, 1.165) is 0 Å². The van der Waals surface area contributed by atoms with E-state index in [9.17, 15) is 9.18 Å². The second kappa shape index (κ2) is 5.34. The number of hydrogen-bond acceptors (Lipinski definition) is 7. The van der Waals surface area contributed by atoms with Crippen LogP contribution >= 0.6 is 0 Å². The zero-order valence-corrected chi connectivity index (χ0v) is 13.0. The van der Waals surface area contributed by atoms with E-state index < -0.39 is 11.6 Å². The Hall–Kier alpha value is -3.82. The highest BCUT2D eigenvalue weighted by Gasteiger charge is 2.34. The molecule has 3 aromatic heterocycles. The molecule has 5 rings (SSSR count). The molecule has 0 bridgehead atoms. The highest BCUT2D eigenvalue weighted by atomic mass is 19.1. The van der Waals surface area contributed by atoms with Crippen LogP contribution in [0.25, 0.3) is 11.5 Å². The van der Waals surface area contributed by atoms with Gasteiger partial charge in [0.2, 0.25) is 5.95 Å². The SMILES string of the molecule is O=c1[nH]nc(-c2ccco2)c2c1Nc1nnnn1[C@@H]2c1ccc(F)cc1. The highest BCUT2D eigenvalue weighted by molar-refractivity contribution is 5.73. The van der Waals surface area contributed by atoms with Gasteiger partial charge in [-0.2, -0.15) is 9.78 Å². The maximum atomic E-state index is 13.4. The van der Waals surface area contributed by atoms with Crippen molar-refractivity contribution in [3.8, 4) is 11.5 Å². The molecule has 0 aliphatic carbocycles. The van der Waals surface area contributed by atoms with Gasteiger partial charge in [-0.1, -0.05) is 17.2 Å². The third kappa shape index (κ3) is 2.05. The smallest absolute Gasteiger partial charge is 0.288 e. The quantitative estimate of drug-likeness (QED) is 0.499. The van der Waals surface area contributed by atoms with Gasteiger partial charge in [-0.05, 0) is 40.3 Å². The number of aromatic amines is 1. The molecule has 1 atom stereocenters. The van der Waals surface area contributed by atoms with Gasteiger partial charge in [0.15, 0.2) is 5.76 Å². The summed E-state index contributed by atoms with van der Waals surface area (Å²) in [6, 6.07) is 8.80. The Morgan fingerprint density at radius 2 is 2.04 bits per heavy atom. The third-order valence-electron chi connectivity index (χ3n) is 4.21. The monoisotopic (exact) mass is 351 g/mol. The normalized spacial score (nSPS) is 15.2. The van der Waals surface area contributed by atoms with Crippen LogP contribution in [-0.2, 0) is 0 Å². The van der Waals surface area contributed by atoms with Crippen LogP contribution in [0.5, 0.6) is 0 Å². The summed E-state index contributed by atoms with van der Waals surface area (Å²) in [6.45, 7) is 0. The van der Waals surface area contributed by atoms with Crippen LogP contribution < -0.4 is 10.9 Å². The average molecular weight is 351 g/mol. The molecule has 0 unspecified atom stereocenters. The molecule has 128 valence electrons. The molecule has 1 aromatic carbocycles. The van der Waals surface area contributed by atoms with Gasteiger partial charge in [-0.3, -0.25) is 4.79 Å². The molecule has 0 spiro atoms. The van der Waals surface area contributed by atoms with E-state index in [1.54, 1.807) is 24.3 Å². The predicted octanol–water partition coefficient (Wildman–Crippen LogP) is 1.85. The Morgan fingerprint density at radius 1 is 1.19 bits per heavy atom. The largest absolute Gasteiger partial charge is 0.463 e. The molecule has 26 heavy (non-hydrogen) atoms. The van der Waals surface area contributed by atoms with Crippen molar-refractivity contribution in [2.24, 2.45) is 0 Å². The summed E-state index contributed by atoms with van der Waals surface area (Å²) >= 11 is 0. The van der Waals surface area contributed by atoms with Crippen molar-refractivity contribution in [3.63, 3.8) is 0 Å². The van der Waals surface area contributed by atoms with E-state index >= 15 is 0 Å². The number of aromatic nitrogens is 6. The Bertz CT molecular complexity index is 1150. The first kappa shape index (κ1) is 14.5. The zero-order valence-electron chi connectivity index (χ0n) is 13.0. The number of furan rings is 1. The lowest BCUT2D eigenvalue weighted by molar-refractivity contribution is 0.553. The average Bonchev–Trinajstić information content (AvgIpc) is 3.33. The van der Waals surface area contributed by atoms with Crippen molar-refractivity contribution < 1.29 is 8.81 Å². The molecule has 1 aliphatic rings. The second-order valence-corrected chi connectivity index (χ2v) is 5.69.